The average Bonchev–Trinajstić information content (AvgIpc) is 2.53. The molecule has 1 aromatic rings. The van der Waals surface area contributed by atoms with Crippen LogP contribution in [0.4, 0.5) is 8.78 Å². The van der Waals surface area contributed by atoms with Crippen molar-refractivity contribution >= 4 is 12.0 Å². The fourth-order valence-electron chi connectivity index (χ4n) is 1.88. The van der Waals surface area contributed by atoms with E-state index in [0.717, 1.165) is 0 Å². The van der Waals surface area contributed by atoms with Gasteiger partial charge in [0.25, 0.3) is 0 Å². The Bertz CT molecular complexity index is 535. The summed E-state index contributed by atoms with van der Waals surface area (Å²) in [6.07, 6.45) is 3.45. The van der Waals surface area contributed by atoms with Crippen LogP contribution in [0.5, 0.6) is 11.5 Å². The molecule has 0 unspecified atom stereocenters. The topological polar surface area (TPSA) is 48.0 Å². The third kappa shape index (κ3) is 6.23. The van der Waals surface area contributed by atoms with Crippen molar-refractivity contribution in [3.05, 3.63) is 29.8 Å². The summed E-state index contributed by atoms with van der Waals surface area (Å²) >= 11 is 0. The number of amides is 1. The molecular weight excluding hydrogens is 308 g/mol. The number of para-hydroxylation sites is 1. The molecule has 1 aromatic carbocycles. The molecule has 1 amide bonds. The number of carbonyl (C=O) groups is 1. The van der Waals surface area contributed by atoms with Gasteiger partial charge in [-0.15, -0.1) is 0 Å². The molecule has 0 atom stereocenters. The van der Waals surface area contributed by atoms with Gasteiger partial charge in [0.2, 0.25) is 5.91 Å². The van der Waals surface area contributed by atoms with Crippen molar-refractivity contribution in [3.8, 4) is 11.5 Å². The zero-order chi connectivity index (χ0) is 17.2. The van der Waals surface area contributed by atoms with Crippen molar-refractivity contribution in [2.45, 2.75) is 13.0 Å². The third-order valence-electron chi connectivity index (χ3n) is 3.06. The SMILES string of the molecule is COCCCN(C)C(=O)/C=C/c1cccc(OC)c1OC(F)F. The van der Waals surface area contributed by atoms with E-state index in [1.165, 1.54) is 30.2 Å². The molecule has 0 N–H and O–H groups in total. The first kappa shape index (κ1) is 18.9. The number of likely N-dealkylation sites (N-methyl/N-ethyl adjacent to an activating group) is 1. The van der Waals surface area contributed by atoms with Crippen LogP contribution in [0.2, 0.25) is 0 Å². The van der Waals surface area contributed by atoms with Gasteiger partial charge in [0.05, 0.1) is 7.11 Å². The first-order valence-corrected chi connectivity index (χ1v) is 7.03. The third-order valence-corrected chi connectivity index (χ3v) is 3.06. The zero-order valence-corrected chi connectivity index (χ0v) is 13.4. The molecule has 0 saturated heterocycles. The van der Waals surface area contributed by atoms with Crippen molar-refractivity contribution in [2.24, 2.45) is 0 Å². The zero-order valence-electron chi connectivity index (χ0n) is 13.4. The highest BCUT2D eigenvalue weighted by Gasteiger charge is 2.14. The number of carbonyl (C=O) groups excluding carboxylic acids is 1. The van der Waals surface area contributed by atoms with E-state index in [4.69, 9.17) is 9.47 Å². The summed E-state index contributed by atoms with van der Waals surface area (Å²) in [7, 11) is 4.61. The van der Waals surface area contributed by atoms with Gasteiger partial charge in [-0.3, -0.25) is 4.79 Å². The molecule has 0 aliphatic carbocycles. The maximum absolute atomic E-state index is 12.5. The van der Waals surface area contributed by atoms with Gasteiger partial charge < -0.3 is 19.1 Å². The Morgan fingerprint density at radius 1 is 1.35 bits per heavy atom. The molecule has 0 heterocycles. The van der Waals surface area contributed by atoms with Crippen molar-refractivity contribution in [1.29, 1.82) is 0 Å². The van der Waals surface area contributed by atoms with E-state index in [2.05, 4.69) is 4.74 Å². The summed E-state index contributed by atoms with van der Waals surface area (Å²) in [5.74, 6) is -0.170. The normalized spacial score (nSPS) is 11.0. The van der Waals surface area contributed by atoms with Gasteiger partial charge in [-0.25, -0.2) is 0 Å². The Labute approximate surface area is 134 Å². The lowest BCUT2D eigenvalue weighted by atomic mass is 10.1. The van der Waals surface area contributed by atoms with Gasteiger partial charge in [0.15, 0.2) is 11.5 Å². The lowest BCUT2D eigenvalue weighted by Gasteiger charge is -2.15. The van der Waals surface area contributed by atoms with Crippen molar-refractivity contribution in [2.75, 3.05) is 34.4 Å². The lowest BCUT2D eigenvalue weighted by molar-refractivity contribution is -0.124. The van der Waals surface area contributed by atoms with Gasteiger partial charge >= 0.3 is 6.61 Å². The molecule has 0 radical (unpaired) electrons. The second-order valence-corrected chi connectivity index (χ2v) is 4.70. The standard InChI is InChI=1S/C16H21F2NO4/c1-19(10-5-11-21-2)14(20)9-8-12-6-4-7-13(22-3)15(12)23-16(17)18/h4,6-9,16H,5,10-11H2,1-3H3/b9-8+. The number of hydrogen-bond donors (Lipinski definition) is 0. The van der Waals surface area contributed by atoms with Crippen LogP contribution >= 0.6 is 0 Å². The Morgan fingerprint density at radius 3 is 2.70 bits per heavy atom. The minimum absolute atomic E-state index is 0.101. The van der Waals surface area contributed by atoms with Crippen LogP contribution in [0.15, 0.2) is 24.3 Å². The minimum atomic E-state index is -2.98. The highest BCUT2D eigenvalue weighted by molar-refractivity contribution is 5.92. The number of hydrogen-bond acceptors (Lipinski definition) is 4. The van der Waals surface area contributed by atoms with Crippen molar-refractivity contribution in [3.63, 3.8) is 0 Å². The first-order valence-electron chi connectivity index (χ1n) is 7.03. The van der Waals surface area contributed by atoms with Crippen LogP contribution in [-0.2, 0) is 9.53 Å². The van der Waals surface area contributed by atoms with Crippen LogP contribution in [0.3, 0.4) is 0 Å². The number of halogens is 2. The second-order valence-electron chi connectivity index (χ2n) is 4.70. The first-order chi connectivity index (χ1) is 11.0. The van der Waals surface area contributed by atoms with E-state index in [0.29, 0.717) is 25.1 Å². The second kappa shape index (κ2) is 9.78. The average molecular weight is 329 g/mol. The summed E-state index contributed by atoms with van der Waals surface area (Å²) in [4.78, 5) is 13.5. The van der Waals surface area contributed by atoms with E-state index in [1.807, 2.05) is 0 Å². The largest absolute Gasteiger partial charge is 0.493 e. The molecule has 0 aromatic heterocycles. The highest BCUT2D eigenvalue weighted by atomic mass is 19.3. The van der Waals surface area contributed by atoms with Crippen LogP contribution in [0, 0.1) is 0 Å². The minimum Gasteiger partial charge on any atom is -0.493 e. The molecule has 5 nitrogen and oxygen atoms in total. The lowest BCUT2D eigenvalue weighted by Crippen LogP contribution is -2.26. The number of rotatable bonds is 9. The van der Waals surface area contributed by atoms with E-state index in [1.54, 1.807) is 26.3 Å². The fourth-order valence-corrected chi connectivity index (χ4v) is 1.88. The van der Waals surface area contributed by atoms with Crippen LogP contribution in [-0.4, -0.2) is 51.8 Å². The summed E-state index contributed by atoms with van der Waals surface area (Å²) in [6, 6.07) is 4.70. The Kier molecular flexibility index (Phi) is 8.04. The number of nitrogens with zero attached hydrogens (tertiary/aromatic N) is 1. The molecular formula is C16H21F2NO4. The highest BCUT2D eigenvalue weighted by Crippen LogP contribution is 2.33. The summed E-state index contributed by atoms with van der Waals surface area (Å²) < 4.78 is 39.5. The molecule has 0 aliphatic heterocycles. The number of benzene rings is 1. The predicted molar refractivity (Wildman–Crippen MR) is 82.8 cm³/mol. The number of methoxy groups -OCH3 is 2. The number of ether oxygens (including phenoxy) is 3. The van der Waals surface area contributed by atoms with E-state index >= 15 is 0 Å². The Balaban J connectivity index is 2.84. The van der Waals surface area contributed by atoms with E-state index < -0.39 is 6.61 Å². The van der Waals surface area contributed by atoms with Gasteiger partial charge in [0.1, 0.15) is 0 Å². The van der Waals surface area contributed by atoms with Crippen molar-refractivity contribution in [1.82, 2.24) is 4.90 Å². The van der Waals surface area contributed by atoms with Gasteiger partial charge in [-0.2, -0.15) is 8.78 Å². The summed E-state index contributed by atoms with van der Waals surface area (Å²) in [5, 5.41) is 0. The maximum Gasteiger partial charge on any atom is 0.387 e. The van der Waals surface area contributed by atoms with E-state index in [-0.39, 0.29) is 17.4 Å². The summed E-state index contributed by atoms with van der Waals surface area (Å²) in [5.41, 5.74) is 0.336. The molecule has 0 spiro atoms. The van der Waals surface area contributed by atoms with Crippen LogP contribution in [0.1, 0.15) is 12.0 Å². The van der Waals surface area contributed by atoms with Gasteiger partial charge in [-0.05, 0) is 18.6 Å². The van der Waals surface area contributed by atoms with Gasteiger partial charge in [-0.1, -0.05) is 12.1 Å². The monoisotopic (exact) mass is 329 g/mol. The quantitative estimate of drug-likeness (QED) is 0.516. The van der Waals surface area contributed by atoms with Crippen molar-refractivity contribution < 1.29 is 27.8 Å². The number of alkyl halides is 2. The molecule has 7 heteroatoms. The molecule has 0 bridgehead atoms. The molecule has 0 aliphatic rings. The van der Waals surface area contributed by atoms with Crippen LogP contribution in [0.25, 0.3) is 6.08 Å². The predicted octanol–water partition coefficient (Wildman–Crippen LogP) is 2.80. The molecule has 0 saturated carbocycles. The molecule has 1 rings (SSSR count). The van der Waals surface area contributed by atoms with Gasteiger partial charge in [0, 0.05) is 38.9 Å². The van der Waals surface area contributed by atoms with E-state index in [9.17, 15) is 13.6 Å². The van der Waals surface area contributed by atoms with Crippen LogP contribution < -0.4 is 9.47 Å². The molecule has 0 fully saturated rings. The molecule has 128 valence electrons. The smallest absolute Gasteiger partial charge is 0.387 e. The maximum atomic E-state index is 12.5. The summed E-state index contributed by atoms with van der Waals surface area (Å²) in [6.45, 7) is -1.88. The molecule has 23 heavy (non-hydrogen) atoms. The fraction of sp³-hybridized carbons (Fsp3) is 0.438. The Hall–Kier alpha value is -2.15. The Morgan fingerprint density at radius 2 is 2.09 bits per heavy atom.